The van der Waals surface area contributed by atoms with E-state index in [0.29, 0.717) is 28.3 Å². The van der Waals surface area contributed by atoms with Crippen LogP contribution in [0, 0.1) is 14.9 Å². The van der Waals surface area contributed by atoms with Gasteiger partial charge in [-0.25, -0.2) is 0 Å². The number of amides is 3. The van der Waals surface area contributed by atoms with Crippen LogP contribution in [-0.2, 0) is 16.2 Å². The van der Waals surface area contributed by atoms with Gasteiger partial charge in [-0.3, -0.25) is 19.3 Å². The standard InChI is InChI=1S/C31H22IN3O5S/c1-39-26-14-19(13-24(32)29(26)40-18-22-9-3-2-8-21(22)16-33)15-27-30(37)35(31(38)41-27)17-28(36)34-25-12-6-10-20-7-4-5-11-23(20)25/h2-15H,17-18H2,1H3,(H,34,36)/b27-15+. The van der Waals surface area contributed by atoms with E-state index in [4.69, 9.17) is 9.47 Å². The Balaban J connectivity index is 1.30. The number of benzene rings is 4. The molecule has 0 radical (unpaired) electrons. The summed E-state index contributed by atoms with van der Waals surface area (Å²) in [7, 11) is 1.51. The minimum atomic E-state index is -0.546. The van der Waals surface area contributed by atoms with E-state index in [1.54, 1.807) is 36.4 Å². The number of halogens is 1. The van der Waals surface area contributed by atoms with Gasteiger partial charge in [0.15, 0.2) is 11.5 Å². The molecule has 3 amide bonds. The quantitative estimate of drug-likeness (QED) is 0.166. The molecule has 1 aliphatic heterocycles. The number of fused-ring (bicyclic) bond motifs is 1. The number of methoxy groups -OCH3 is 1. The number of anilines is 1. The van der Waals surface area contributed by atoms with Gasteiger partial charge in [-0.1, -0.05) is 54.6 Å². The molecule has 0 bridgehead atoms. The first-order valence-corrected chi connectivity index (χ1v) is 14.3. The molecule has 1 fully saturated rings. The summed E-state index contributed by atoms with van der Waals surface area (Å²) in [5.41, 5.74) is 2.51. The minimum Gasteiger partial charge on any atom is -0.493 e. The van der Waals surface area contributed by atoms with Crippen molar-refractivity contribution in [3.8, 4) is 17.6 Å². The second kappa shape index (κ2) is 12.4. The molecule has 0 spiro atoms. The molecule has 1 N–H and O–H groups in total. The molecule has 0 saturated carbocycles. The zero-order valence-corrected chi connectivity index (χ0v) is 24.7. The number of hydrogen-bond acceptors (Lipinski definition) is 7. The normalized spacial score (nSPS) is 13.9. The largest absolute Gasteiger partial charge is 0.493 e. The highest BCUT2D eigenvalue weighted by atomic mass is 127. The van der Waals surface area contributed by atoms with E-state index in [-0.39, 0.29) is 11.5 Å². The minimum absolute atomic E-state index is 0.176. The highest BCUT2D eigenvalue weighted by Crippen LogP contribution is 2.38. The topological polar surface area (TPSA) is 109 Å². The summed E-state index contributed by atoms with van der Waals surface area (Å²) in [5.74, 6) is -0.0847. The molecule has 0 aromatic heterocycles. The van der Waals surface area contributed by atoms with Crippen LogP contribution in [0.4, 0.5) is 10.5 Å². The molecule has 1 aliphatic rings. The molecule has 8 nitrogen and oxygen atoms in total. The molecular formula is C31H22IN3O5S. The van der Waals surface area contributed by atoms with E-state index in [1.807, 2.05) is 48.5 Å². The van der Waals surface area contributed by atoms with E-state index < -0.39 is 23.6 Å². The fourth-order valence-electron chi connectivity index (χ4n) is 4.32. The molecule has 0 aliphatic carbocycles. The second-order valence-corrected chi connectivity index (χ2v) is 11.1. The first-order chi connectivity index (χ1) is 19.9. The van der Waals surface area contributed by atoms with Crippen LogP contribution < -0.4 is 14.8 Å². The number of thioether (sulfide) groups is 1. The van der Waals surface area contributed by atoms with Crippen molar-refractivity contribution in [2.24, 2.45) is 0 Å². The van der Waals surface area contributed by atoms with Crippen molar-refractivity contribution in [2.75, 3.05) is 19.0 Å². The van der Waals surface area contributed by atoms with E-state index in [1.165, 1.54) is 7.11 Å². The van der Waals surface area contributed by atoms with Crippen LogP contribution >= 0.6 is 34.4 Å². The molecule has 1 heterocycles. The summed E-state index contributed by atoms with van der Waals surface area (Å²) in [5, 5.41) is 13.5. The van der Waals surface area contributed by atoms with Crippen LogP contribution in [0.15, 0.2) is 83.8 Å². The predicted octanol–water partition coefficient (Wildman–Crippen LogP) is 6.58. The molecule has 4 aromatic rings. The Morgan fingerprint density at radius 2 is 1.83 bits per heavy atom. The third kappa shape index (κ3) is 6.21. The number of rotatable bonds is 8. The number of carbonyl (C=O) groups is 3. The molecular weight excluding hydrogens is 653 g/mol. The predicted molar refractivity (Wildman–Crippen MR) is 166 cm³/mol. The van der Waals surface area contributed by atoms with Gasteiger partial charge in [-0.2, -0.15) is 5.26 Å². The van der Waals surface area contributed by atoms with Crippen molar-refractivity contribution in [3.63, 3.8) is 0 Å². The van der Waals surface area contributed by atoms with Gasteiger partial charge in [0.25, 0.3) is 11.1 Å². The summed E-state index contributed by atoms with van der Waals surface area (Å²) >= 11 is 2.88. The van der Waals surface area contributed by atoms with Gasteiger partial charge in [0.1, 0.15) is 13.2 Å². The Morgan fingerprint density at radius 1 is 1.07 bits per heavy atom. The van der Waals surface area contributed by atoms with Crippen molar-refractivity contribution in [1.29, 1.82) is 5.26 Å². The van der Waals surface area contributed by atoms with Crippen molar-refractivity contribution < 1.29 is 23.9 Å². The zero-order valence-electron chi connectivity index (χ0n) is 21.7. The van der Waals surface area contributed by atoms with Gasteiger partial charge < -0.3 is 14.8 Å². The van der Waals surface area contributed by atoms with Crippen molar-refractivity contribution in [1.82, 2.24) is 4.90 Å². The fraction of sp³-hybridized carbons (Fsp3) is 0.0968. The Morgan fingerprint density at radius 3 is 2.63 bits per heavy atom. The molecule has 4 aromatic carbocycles. The average Bonchev–Trinajstić information content (AvgIpc) is 3.23. The van der Waals surface area contributed by atoms with Crippen molar-refractivity contribution >= 4 is 73.9 Å². The van der Waals surface area contributed by atoms with E-state index >= 15 is 0 Å². The Labute approximate surface area is 254 Å². The first kappa shape index (κ1) is 28.2. The third-order valence-corrected chi connectivity index (χ3v) is 8.01. The molecule has 204 valence electrons. The van der Waals surface area contributed by atoms with Gasteiger partial charge >= 0.3 is 0 Å². The average molecular weight is 676 g/mol. The van der Waals surface area contributed by atoms with Crippen LogP contribution in [0.1, 0.15) is 16.7 Å². The molecule has 5 rings (SSSR count). The number of ether oxygens (including phenoxy) is 2. The number of carbonyl (C=O) groups excluding carboxylic acids is 3. The first-order valence-electron chi connectivity index (χ1n) is 12.4. The van der Waals surface area contributed by atoms with Gasteiger partial charge in [-0.15, -0.1) is 0 Å². The number of nitrogens with one attached hydrogen (secondary N) is 1. The molecule has 0 unspecified atom stereocenters. The van der Waals surface area contributed by atoms with Crippen molar-refractivity contribution in [3.05, 3.63) is 104 Å². The summed E-state index contributed by atoms with van der Waals surface area (Å²) in [6.07, 6.45) is 1.59. The monoisotopic (exact) mass is 675 g/mol. The maximum Gasteiger partial charge on any atom is 0.294 e. The molecule has 0 atom stereocenters. The lowest BCUT2D eigenvalue weighted by molar-refractivity contribution is -0.127. The van der Waals surface area contributed by atoms with Crippen LogP contribution in [0.3, 0.4) is 0 Å². The fourth-order valence-corrected chi connectivity index (χ4v) is 5.94. The molecule has 41 heavy (non-hydrogen) atoms. The number of hydrogen-bond donors (Lipinski definition) is 1. The highest BCUT2D eigenvalue weighted by Gasteiger charge is 2.36. The second-order valence-electron chi connectivity index (χ2n) is 8.93. The Kier molecular flexibility index (Phi) is 8.56. The highest BCUT2D eigenvalue weighted by molar-refractivity contribution is 14.1. The van der Waals surface area contributed by atoms with Crippen molar-refractivity contribution in [2.45, 2.75) is 6.61 Å². The number of nitrogens with zero attached hydrogens (tertiary/aromatic N) is 2. The van der Waals surface area contributed by atoms with Gasteiger partial charge in [-0.05, 0) is 75.6 Å². The Hall–Kier alpha value is -4.34. The number of imide groups is 1. The van der Waals surface area contributed by atoms with E-state index in [0.717, 1.165) is 36.6 Å². The lowest BCUT2D eigenvalue weighted by Gasteiger charge is -2.14. The summed E-state index contributed by atoms with van der Waals surface area (Å²) in [6.45, 7) is -0.224. The maximum atomic E-state index is 13.1. The number of nitriles is 1. The SMILES string of the molecule is COc1cc(/C=C2/SC(=O)N(CC(=O)Nc3cccc4ccccc34)C2=O)cc(I)c1OCc1ccccc1C#N. The Bertz CT molecular complexity index is 1760. The van der Waals surface area contributed by atoms with Gasteiger partial charge in [0.05, 0.1) is 27.2 Å². The van der Waals surface area contributed by atoms with Crippen LogP contribution in [0.2, 0.25) is 0 Å². The van der Waals surface area contributed by atoms with Crippen LogP contribution in [0.25, 0.3) is 16.8 Å². The summed E-state index contributed by atoms with van der Waals surface area (Å²) in [6, 6.07) is 26.0. The van der Waals surface area contributed by atoms with Crippen LogP contribution in [-0.4, -0.2) is 35.6 Å². The third-order valence-electron chi connectivity index (χ3n) is 6.30. The zero-order chi connectivity index (χ0) is 28.9. The summed E-state index contributed by atoms with van der Waals surface area (Å²) in [4.78, 5) is 39.7. The van der Waals surface area contributed by atoms with Gasteiger partial charge in [0.2, 0.25) is 5.91 Å². The lowest BCUT2D eigenvalue weighted by Crippen LogP contribution is -2.36. The van der Waals surface area contributed by atoms with E-state index in [2.05, 4.69) is 34.0 Å². The smallest absolute Gasteiger partial charge is 0.294 e. The van der Waals surface area contributed by atoms with Gasteiger partial charge in [0, 0.05) is 16.6 Å². The lowest BCUT2D eigenvalue weighted by atomic mass is 10.1. The molecule has 1 saturated heterocycles. The summed E-state index contributed by atoms with van der Waals surface area (Å²) < 4.78 is 12.3. The van der Waals surface area contributed by atoms with E-state index in [9.17, 15) is 19.6 Å². The maximum absolute atomic E-state index is 13.1. The van der Waals surface area contributed by atoms with Crippen LogP contribution in [0.5, 0.6) is 11.5 Å². The molecule has 10 heteroatoms.